The molecule has 130 valence electrons. The molecule has 1 aliphatic rings. The first-order valence-corrected chi connectivity index (χ1v) is 8.66. The lowest BCUT2D eigenvalue weighted by Crippen LogP contribution is -2.18. The fourth-order valence-corrected chi connectivity index (χ4v) is 2.60. The lowest BCUT2D eigenvalue weighted by molar-refractivity contribution is -0.117. The predicted octanol–water partition coefficient (Wildman–Crippen LogP) is 4.58. The summed E-state index contributed by atoms with van der Waals surface area (Å²) in [7, 11) is 0. The minimum Gasteiger partial charge on any atom is -0.324 e. The van der Waals surface area contributed by atoms with Crippen molar-refractivity contribution in [1.82, 2.24) is 0 Å². The number of benzene rings is 2. The summed E-state index contributed by atoms with van der Waals surface area (Å²) in [6, 6.07) is 14.9. The summed E-state index contributed by atoms with van der Waals surface area (Å²) in [5.41, 5.74) is 3.08. The molecular formula is C21H24N2O2. The van der Waals surface area contributed by atoms with Crippen LogP contribution < -0.4 is 10.6 Å². The van der Waals surface area contributed by atoms with Crippen LogP contribution in [0.1, 0.15) is 49.5 Å². The Balaban J connectivity index is 1.73. The summed E-state index contributed by atoms with van der Waals surface area (Å²) in [6.07, 6.45) is 1.89. The molecule has 1 saturated carbocycles. The van der Waals surface area contributed by atoms with Crippen LogP contribution in [0.15, 0.2) is 48.5 Å². The predicted molar refractivity (Wildman–Crippen MR) is 101 cm³/mol. The van der Waals surface area contributed by atoms with E-state index in [0.29, 0.717) is 16.9 Å². The Kier molecular flexibility index (Phi) is 4.62. The van der Waals surface area contributed by atoms with Gasteiger partial charge in [-0.05, 0) is 48.1 Å². The average Bonchev–Trinajstić information content (AvgIpc) is 3.41. The Morgan fingerprint density at radius 1 is 0.880 bits per heavy atom. The molecule has 0 atom stereocenters. The van der Waals surface area contributed by atoms with E-state index in [1.807, 2.05) is 36.4 Å². The van der Waals surface area contributed by atoms with Gasteiger partial charge in [0.15, 0.2) is 0 Å². The molecule has 0 saturated heterocycles. The smallest absolute Gasteiger partial charge is 0.255 e. The van der Waals surface area contributed by atoms with E-state index >= 15 is 0 Å². The Labute approximate surface area is 148 Å². The highest BCUT2D eigenvalue weighted by molar-refractivity contribution is 6.07. The molecule has 0 bridgehead atoms. The molecule has 1 aliphatic carbocycles. The minimum atomic E-state index is -0.186. The maximum Gasteiger partial charge on any atom is 0.255 e. The van der Waals surface area contributed by atoms with Crippen LogP contribution in [0, 0.1) is 5.92 Å². The fraction of sp³-hybridized carbons (Fsp3) is 0.333. The zero-order chi connectivity index (χ0) is 18.0. The van der Waals surface area contributed by atoms with Crippen molar-refractivity contribution in [2.45, 2.75) is 39.0 Å². The molecule has 1 fully saturated rings. The molecule has 25 heavy (non-hydrogen) atoms. The summed E-state index contributed by atoms with van der Waals surface area (Å²) in [4.78, 5) is 24.5. The first-order valence-electron chi connectivity index (χ1n) is 8.66. The van der Waals surface area contributed by atoms with E-state index in [-0.39, 0.29) is 23.1 Å². The first-order chi connectivity index (χ1) is 11.8. The average molecular weight is 336 g/mol. The van der Waals surface area contributed by atoms with Crippen molar-refractivity contribution in [3.05, 3.63) is 59.7 Å². The van der Waals surface area contributed by atoms with Crippen LogP contribution in [0.3, 0.4) is 0 Å². The van der Waals surface area contributed by atoms with Gasteiger partial charge in [0.2, 0.25) is 5.91 Å². The van der Waals surface area contributed by atoms with Crippen LogP contribution in [-0.4, -0.2) is 11.8 Å². The number of amides is 2. The van der Waals surface area contributed by atoms with Gasteiger partial charge in [0.25, 0.3) is 5.91 Å². The summed E-state index contributed by atoms with van der Waals surface area (Å²) in [6.45, 7) is 6.42. The van der Waals surface area contributed by atoms with Crippen molar-refractivity contribution < 1.29 is 9.59 Å². The third-order valence-corrected chi connectivity index (χ3v) is 4.39. The molecule has 2 N–H and O–H groups in total. The van der Waals surface area contributed by atoms with Crippen LogP contribution in [0.4, 0.5) is 11.4 Å². The van der Waals surface area contributed by atoms with Crippen LogP contribution in [0.2, 0.25) is 0 Å². The standard InChI is InChI=1S/C21H24N2O2/c1-21(2,3)16-12-10-15(11-13-16)20(25)23-18-7-5-4-6-17(18)22-19(24)14-8-9-14/h4-7,10-14H,8-9H2,1-3H3,(H,22,24)(H,23,25). The van der Waals surface area contributed by atoms with Crippen molar-refractivity contribution in [3.63, 3.8) is 0 Å². The molecule has 4 heteroatoms. The van der Waals surface area contributed by atoms with Gasteiger partial charge in [0.1, 0.15) is 0 Å². The van der Waals surface area contributed by atoms with Crippen molar-refractivity contribution in [2.75, 3.05) is 10.6 Å². The molecule has 0 aliphatic heterocycles. The van der Waals surface area contributed by atoms with E-state index in [2.05, 4.69) is 31.4 Å². The van der Waals surface area contributed by atoms with Crippen LogP contribution >= 0.6 is 0 Å². The Morgan fingerprint density at radius 3 is 1.96 bits per heavy atom. The summed E-state index contributed by atoms with van der Waals surface area (Å²) in [5.74, 6) is -0.0430. The van der Waals surface area contributed by atoms with E-state index in [1.165, 1.54) is 5.56 Å². The van der Waals surface area contributed by atoms with Gasteiger partial charge in [-0.25, -0.2) is 0 Å². The highest BCUT2D eigenvalue weighted by Crippen LogP contribution is 2.31. The SMILES string of the molecule is CC(C)(C)c1ccc(C(=O)Nc2ccccc2NC(=O)C2CC2)cc1. The third kappa shape index (κ3) is 4.27. The van der Waals surface area contributed by atoms with E-state index in [0.717, 1.165) is 12.8 Å². The van der Waals surface area contributed by atoms with E-state index in [9.17, 15) is 9.59 Å². The number of rotatable bonds is 4. The maximum atomic E-state index is 12.5. The molecule has 2 aromatic rings. The highest BCUT2D eigenvalue weighted by Gasteiger charge is 2.30. The number of para-hydroxylation sites is 2. The number of hydrogen-bond donors (Lipinski definition) is 2. The molecule has 2 aromatic carbocycles. The Bertz CT molecular complexity index is 784. The maximum absolute atomic E-state index is 12.5. The van der Waals surface area contributed by atoms with Crippen molar-refractivity contribution in [3.8, 4) is 0 Å². The van der Waals surface area contributed by atoms with Gasteiger partial charge in [-0.1, -0.05) is 45.0 Å². The molecule has 0 heterocycles. The fourth-order valence-electron chi connectivity index (χ4n) is 2.60. The summed E-state index contributed by atoms with van der Waals surface area (Å²) >= 11 is 0. The van der Waals surface area contributed by atoms with Gasteiger partial charge < -0.3 is 10.6 Å². The number of carbonyl (C=O) groups is 2. The van der Waals surface area contributed by atoms with Gasteiger partial charge in [-0.15, -0.1) is 0 Å². The monoisotopic (exact) mass is 336 g/mol. The zero-order valence-corrected chi connectivity index (χ0v) is 14.9. The lowest BCUT2D eigenvalue weighted by atomic mass is 9.87. The minimum absolute atomic E-state index is 0.0243. The third-order valence-electron chi connectivity index (χ3n) is 4.39. The van der Waals surface area contributed by atoms with Crippen LogP contribution in [0.5, 0.6) is 0 Å². The van der Waals surface area contributed by atoms with Gasteiger partial charge in [-0.2, -0.15) is 0 Å². The van der Waals surface area contributed by atoms with Crippen LogP contribution in [0.25, 0.3) is 0 Å². The van der Waals surface area contributed by atoms with Crippen LogP contribution in [-0.2, 0) is 10.2 Å². The second-order valence-corrected chi connectivity index (χ2v) is 7.59. The highest BCUT2D eigenvalue weighted by atomic mass is 16.2. The van der Waals surface area contributed by atoms with Crippen molar-refractivity contribution in [2.24, 2.45) is 5.92 Å². The van der Waals surface area contributed by atoms with E-state index in [4.69, 9.17) is 0 Å². The lowest BCUT2D eigenvalue weighted by Gasteiger charge is -2.19. The molecule has 2 amide bonds. The molecule has 3 rings (SSSR count). The Hall–Kier alpha value is -2.62. The second-order valence-electron chi connectivity index (χ2n) is 7.59. The first kappa shape index (κ1) is 17.2. The number of nitrogens with one attached hydrogen (secondary N) is 2. The molecule has 0 aromatic heterocycles. The van der Waals surface area contributed by atoms with Gasteiger partial charge in [0.05, 0.1) is 11.4 Å². The molecule has 0 spiro atoms. The van der Waals surface area contributed by atoms with E-state index in [1.54, 1.807) is 12.1 Å². The van der Waals surface area contributed by atoms with Gasteiger partial charge in [-0.3, -0.25) is 9.59 Å². The molecular weight excluding hydrogens is 312 g/mol. The van der Waals surface area contributed by atoms with Crippen molar-refractivity contribution >= 4 is 23.2 Å². The van der Waals surface area contributed by atoms with Gasteiger partial charge >= 0.3 is 0 Å². The topological polar surface area (TPSA) is 58.2 Å². The molecule has 0 unspecified atom stereocenters. The number of hydrogen-bond acceptors (Lipinski definition) is 2. The number of anilines is 2. The number of carbonyl (C=O) groups excluding carboxylic acids is 2. The summed E-state index contributed by atoms with van der Waals surface area (Å²) in [5, 5.41) is 5.80. The molecule has 0 radical (unpaired) electrons. The zero-order valence-electron chi connectivity index (χ0n) is 14.9. The largest absolute Gasteiger partial charge is 0.324 e. The van der Waals surface area contributed by atoms with E-state index < -0.39 is 0 Å². The quantitative estimate of drug-likeness (QED) is 0.858. The summed E-state index contributed by atoms with van der Waals surface area (Å²) < 4.78 is 0. The Morgan fingerprint density at radius 2 is 1.44 bits per heavy atom. The second kappa shape index (κ2) is 6.71. The van der Waals surface area contributed by atoms with Crippen molar-refractivity contribution in [1.29, 1.82) is 0 Å². The van der Waals surface area contributed by atoms with Gasteiger partial charge in [0, 0.05) is 11.5 Å². The normalized spacial score (nSPS) is 14.0. The molecule has 4 nitrogen and oxygen atoms in total.